The Morgan fingerprint density at radius 3 is 1.31 bits per heavy atom. The topological polar surface area (TPSA) is 306 Å². The predicted molar refractivity (Wildman–Crippen MR) is 192 cm³/mol. The predicted octanol–water partition coefficient (Wildman–Crippen LogP) is -1.80. The van der Waals surface area contributed by atoms with Gasteiger partial charge in [-0.1, -0.05) is 6.08 Å². The molecule has 0 amide bonds. The molecule has 0 saturated carbocycles. The van der Waals surface area contributed by atoms with Crippen molar-refractivity contribution in [2.24, 2.45) is 0 Å². The van der Waals surface area contributed by atoms with Crippen molar-refractivity contribution in [1.29, 1.82) is 0 Å². The van der Waals surface area contributed by atoms with Gasteiger partial charge in [0.1, 0.15) is 37.1 Å². The van der Waals surface area contributed by atoms with E-state index in [0.29, 0.717) is 0 Å². The van der Waals surface area contributed by atoms with Crippen LogP contribution in [0.4, 0.5) is 0 Å². The molecule has 3 heterocycles. The third kappa shape index (κ3) is 14.7. The average Bonchev–Trinajstić information content (AvgIpc) is 3.13. The molecule has 15 atom stereocenters. The van der Waals surface area contributed by atoms with E-state index in [9.17, 15) is 48.6 Å². The first-order valence-electron chi connectivity index (χ1n) is 18.8. The second-order valence-electron chi connectivity index (χ2n) is 13.7. The van der Waals surface area contributed by atoms with E-state index in [1.807, 2.05) is 0 Å². The number of hydrogen-bond acceptors (Lipinski definition) is 24. The van der Waals surface area contributed by atoms with Gasteiger partial charge in [-0.3, -0.25) is 38.4 Å². The third-order valence-electron chi connectivity index (χ3n) is 8.66. The van der Waals surface area contributed by atoms with Crippen molar-refractivity contribution in [1.82, 2.24) is 0 Å². The summed E-state index contributed by atoms with van der Waals surface area (Å²) in [6, 6.07) is 0. The Labute approximate surface area is 349 Å². The van der Waals surface area contributed by atoms with Gasteiger partial charge < -0.3 is 76.5 Å². The minimum absolute atomic E-state index is 0.258. The van der Waals surface area contributed by atoms with Crippen LogP contribution in [-0.4, -0.2) is 177 Å². The monoisotopic (exact) mass is 880 g/mol. The number of hydrogen-bond donors (Lipinski definition) is 2. The number of aliphatic hydroxyl groups is 2. The van der Waals surface area contributed by atoms with Crippen LogP contribution in [0, 0.1) is 0 Å². The lowest BCUT2D eigenvalue weighted by atomic mass is 9.95. The molecule has 24 heteroatoms. The van der Waals surface area contributed by atoms with Crippen LogP contribution in [0.5, 0.6) is 0 Å². The van der Waals surface area contributed by atoms with Crippen molar-refractivity contribution >= 4 is 47.8 Å². The van der Waals surface area contributed by atoms with E-state index in [4.69, 9.17) is 66.3 Å². The fourth-order valence-corrected chi connectivity index (χ4v) is 6.65. The molecular formula is C37H52O24. The molecule has 0 aromatic carbocycles. The van der Waals surface area contributed by atoms with Crippen LogP contribution >= 0.6 is 0 Å². The van der Waals surface area contributed by atoms with Crippen LogP contribution in [0.3, 0.4) is 0 Å². The zero-order valence-corrected chi connectivity index (χ0v) is 34.6. The summed E-state index contributed by atoms with van der Waals surface area (Å²) in [7, 11) is 0. The van der Waals surface area contributed by atoms with Gasteiger partial charge in [-0.05, 0) is 0 Å². The molecule has 3 fully saturated rings. The fraction of sp³-hybridized carbons (Fsp3) is 0.730. The molecule has 0 bridgehead atoms. The SMILES string of the molecule is C=CCO[C@H]1[C@@H](O[C@H]2O[C@H](CO)[C@@H](OC(C)=O)[C@H](OC(C)=O)[C@@H]2OC(C)=O)[C@H](OC(C)=O)[C@@H](CO[C@H]2O[C@H](COC(C)=O)[C@@H](OC(C)=O)[C@H](OC(C)=O)[C@@H]2OC(C)=O)O[C@@H]1O. The van der Waals surface area contributed by atoms with E-state index in [1.165, 1.54) is 6.08 Å². The number of carbonyl (C=O) groups is 8. The summed E-state index contributed by atoms with van der Waals surface area (Å²) in [6.45, 7) is 9.32. The minimum atomic E-state index is -1.96. The second kappa shape index (κ2) is 23.4. The Morgan fingerprint density at radius 1 is 0.475 bits per heavy atom. The summed E-state index contributed by atoms with van der Waals surface area (Å²) in [4.78, 5) is 98.1. The van der Waals surface area contributed by atoms with Crippen LogP contribution in [0.25, 0.3) is 0 Å². The molecule has 344 valence electrons. The quantitative estimate of drug-likeness (QED) is 0.0872. The molecular weight excluding hydrogens is 828 g/mol. The summed E-state index contributed by atoms with van der Waals surface area (Å²) < 4.78 is 78.9. The standard InChI is InChI=1S/C37H52O24/c1-10-11-48-32-29(61-37-34(57-22(9)46)30(54-19(6)43)26(51-16(3)40)23(12-38)59-37)27(52-17(4)41)24(58-35(32)47)14-50-36-33(56-21(8)45)31(55-20(7)44)28(53-18(5)42)25(60-36)13-49-15(2)39/h10,23-38,47H,1,11-14H2,2-9H3/t23-,24-,25-,26-,27-,28-,29+,30+,31+,32+,33+,34+,35+,36+,37-/m1/s1. The van der Waals surface area contributed by atoms with Crippen molar-refractivity contribution in [3.05, 3.63) is 12.7 Å². The Kier molecular flexibility index (Phi) is 19.4. The van der Waals surface area contributed by atoms with Crippen LogP contribution < -0.4 is 0 Å². The third-order valence-corrected chi connectivity index (χ3v) is 8.66. The number of esters is 8. The highest BCUT2D eigenvalue weighted by Crippen LogP contribution is 2.36. The fourth-order valence-electron chi connectivity index (χ4n) is 6.65. The molecule has 0 radical (unpaired) electrons. The molecule has 0 aliphatic carbocycles. The Morgan fingerprint density at radius 2 is 0.869 bits per heavy atom. The van der Waals surface area contributed by atoms with Gasteiger partial charge in [0.15, 0.2) is 61.6 Å². The number of ether oxygens (including phenoxy) is 14. The smallest absolute Gasteiger partial charge is 0.303 e. The zero-order chi connectivity index (χ0) is 45.7. The molecule has 0 aromatic rings. The highest BCUT2D eigenvalue weighted by atomic mass is 16.8. The normalized spacial score (nSPS) is 33.4. The van der Waals surface area contributed by atoms with Gasteiger partial charge in [-0.25, -0.2) is 0 Å². The molecule has 0 aromatic heterocycles. The zero-order valence-electron chi connectivity index (χ0n) is 34.6. The first kappa shape index (κ1) is 50.5. The van der Waals surface area contributed by atoms with E-state index in [1.54, 1.807) is 0 Å². The van der Waals surface area contributed by atoms with Crippen LogP contribution in [0.15, 0.2) is 12.7 Å². The van der Waals surface area contributed by atoms with E-state index in [2.05, 4.69) is 6.58 Å². The maximum Gasteiger partial charge on any atom is 0.303 e. The highest BCUT2D eigenvalue weighted by molar-refractivity contribution is 5.70. The summed E-state index contributed by atoms with van der Waals surface area (Å²) in [6.07, 6.45) is -23.5. The number of carbonyl (C=O) groups excluding carboxylic acids is 8. The highest BCUT2D eigenvalue weighted by Gasteiger charge is 2.58. The Hall–Kier alpha value is -4.82. The van der Waals surface area contributed by atoms with Crippen molar-refractivity contribution < 1.29 is 115 Å². The van der Waals surface area contributed by atoms with Gasteiger partial charge in [-0.15, -0.1) is 6.58 Å². The van der Waals surface area contributed by atoms with Crippen molar-refractivity contribution in [2.75, 3.05) is 26.4 Å². The van der Waals surface area contributed by atoms with Crippen LogP contribution in [0.2, 0.25) is 0 Å². The Balaban J connectivity index is 2.11. The lowest BCUT2D eigenvalue weighted by Crippen LogP contribution is -2.67. The summed E-state index contributed by atoms with van der Waals surface area (Å²) in [5.74, 6) is -7.21. The lowest BCUT2D eigenvalue weighted by Gasteiger charge is -2.48. The van der Waals surface area contributed by atoms with Gasteiger partial charge >= 0.3 is 47.8 Å². The van der Waals surface area contributed by atoms with E-state index in [0.717, 1.165) is 55.4 Å². The average molecular weight is 881 g/mol. The van der Waals surface area contributed by atoms with Gasteiger partial charge in [0.25, 0.3) is 0 Å². The molecule has 3 rings (SSSR count). The van der Waals surface area contributed by atoms with Crippen molar-refractivity contribution in [3.8, 4) is 0 Å². The summed E-state index contributed by atoms with van der Waals surface area (Å²) in [5.41, 5.74) is 0. The largest absolute Gasteiger partial charge is 0.463 e. The second-order valence-corrected chi connectivity index (χ2v) is 13.7. The molecule has 0 spiro atoms. The maximum atomic E-state index is 12.7. The minimum Gasteiger partial charge on any atom is -0.463 e. The molecule has 24 nitrogen and oxygen atoms in total. The first-order valence-corrected chi connectivity index (χ1v) is 18.8. The van der Waals surface area contributed by atoms with Crippen LogP contribution in [0.1, 0.15) is 55.4 Å². The number of aliphatic hydroxyl groups excluding tert-OH is 2. The van der Waals surface area contributed by atoms with Gasteiger partial charge in [0.05, 0.1) is 19.8 Å². The Bertz CT molecular complexity index is 1580. The van der Waals surface area contributed by atoms with Gasteiger partial charge in [0.2, 0.25) is 0 Å². The van der Waals surface area contributed by atoms with Gasteiger partial charge in [0, 0.05) is 55.4 Å². The van der Waals surface area contributed by atoms with E-state index < -0.39 is 160 Å². The molecule has 2 N–H and O–H groups in total. The molecule has 3 aliphatic rings. The molecule has 61 heavy (non-hydrogen) atoms. The van der Waals surface area contributed by atoms with Crippen molar-refractivity contribution in [2.45, 2.75) is 148 Å². The lowest BCUT2D eigenvalue weighted by molar-refractivity contribution is -0.366. The summed E-state index contributed by atoms with van der Waals surface area (Å²) >= 11 is 0. The number of rotatable bonds is 18. The van der Waals surface area contributed by atoms with E-state index in [-0.39, 0.29) is 6.61 Å². The first-order chi connectivity index (χ1) is 28.7. The van der Waals surface area contributed by atoms with E-state index >= 15 is 0 Å². The molecule has 0 unspecified atom stereocenters. The summed E-state index contributed by atoms with van der Waals surface area (Å²) in [5, 5.41) is 21.7. The van der Waals surface area contributed by atoms with Crippen LogP contribution in [-0.2, 0) is 105 Å². The van der Waals surface area contributed by atoms with Crippen molar-refractivity contribution in [3.63, 3.8) is 0 Å². The molecule has 3 saturated heterocycles. The molecule has 3 aliphatic heterocycles. The maximum absolute atomic E-state index is 12.7. The van der Waals surface area contributed by atoms with Gasteiger partial charge in [-0.2, -0.15) is 0 Å².